The first-order chi connectivity index (χ1) is 8.33. The Kier molecular flexibility index (Phi) is 2.73. The Morgan fingerprint density at radius 2 is 2.24 bits per heavy atom. The van der Waals surface area contributed by atoms with Crippen LogP contribution >= 0.6 is 0 Å². The monoisotopic (exact) mass is 231 g/mol. The highest BCUT2D eigenvalue weighted by molar-refractivity contribution is 6.01. The van der Waals surface area contributed by atoms with Gasteiger partial charge in [-0.05, 0) is 31.5 Å². The zero-order valence-corrected chi connectivity index (χ0v) is 9.78. The molecule has 0 saturated carbocycles. The van der Waals surface area contributed by atoms with Crippen LogP contribution in [-0.2, 0) is 4.79 Å². The first-order valence-corrected chi connectivity index (χ1v) is 6.20. The summed E-state index contributed by atoms with van der Waals surface area (Å²) in [6.07, 6.45) is 2.45. The molecule has 0 aliphatic carbocycles. The standard InChI is InChI=1S/C13H17N3O/c17-13-9-16(8-10-4-3-7-14-10)12-6-2-1-5-11(12)15-13/h1-2,5-6,10,14H,3-4,7-9H2,(H,15,17)/t10-/m1/s1. The van der Waals surface area contributed by atoms with Crippen molar-refractivity contribution in [3.63, 3.8) is 0 Å². The number of hydrogen-bond donors (Lipinski definition) is 2. The van der Waals surface area contributed by atoms with Gasteiger partial charge in [0.05, 0.1) is 17.9 Å². The Morgan fingerprint density at radius 3 is 3.06 bits per heavy atom. The summed E-state index contributed by atoms with van der Waals surface area (Å²) in [6, 6.07) is 8.53. The van der Waals surface area contributed by atoms with E-state index in [1.54, 1.807) is 0 Å². The van der Waals surface area contributed by atoms with Gasteiger partial charge in [-0.2, -0.15) is 0 Å². The summed E-state index contributed by atoms with van der Waals surface area (Å²) in [5.74, 6) is 0.0849. The Labute approximate surface area is 101 Å². The molecular weight excluding hydrogens is 214 g/mol. The lowest BCUT2D eigenvalue weighted by atomic mass is 10.1. The molecule has 2 aliphatic heterocycles. The van der Waals surface area contributed by atoms with Crippen LogP contribution < -0.4 is 15.5 Å². The fraction of sp³-hybridized carbons (Fsp3) is 0.462. The molecule has 0 unspecified atom stereocenters. The van der Waals surface area contributed by atoms with Crippen molar-refractivity contribution in [2.45, 2.75) is 18.9 Å². The van der Waals surface area contributed by atoms with E-state index in [9.17, 15) is 4.79 Å². The molecule has 1 atom stereocenters. The molecule has 0 spiro atoms. The van der Waals surface area contributed by atoms with Crippen molar-refractivity contribution in [3.05, 3.63) is 24.3 Å². The van der Waals surface area contributed by atoms with Crippen molar-refractivity contribution >= 4 is 17.3 Å². The van der Waals surface area contributed by atoms with Gasteiger partial charge in [0.2, 0.25) is 5.91 Å². The van der Waals surface area contributed by atoms with Crippen LogP contribution in [0.2, 0.25) is 0 Å². The first-order valence-electron chi connectivity index (χ1n) is 6.20. The molecule has 17 heavy (non-hydrogen) atoms. The molecule has 1 aromatic carbocycles. The van der Waals surface area contributed by atoms with Crippen molar-refractivity contribution in [1.29, 1.82) is 0 Å². The highest BCUT2D eigenvalue weighted by atomic mass is 16.2. The minimum Gasteiger partial charge on any atom is -0.359 e. The van der Waals surface area contributed by atoms with E-state index < -0.39 is 0 Å². The third kappa shape index (κ3) is 2.13. The number of carbonyl (C=O) groups is 1. The van der Waals surface area contributed by atoms with Gasteiger partial charge in [-0.15, -0.1) is 0 Å². The van der Waals surface area contributed by atoms with Crippen LogP contribution in [0, 0.1) is 0 Å². The van der Waals surface area contributed by atoms with Gasteiger partial charge in [-0.1, -0.05) is 12.1 Å². The lowest BCUT2D eigenvalue weighted by molar-refractivity contribution is -0.115. The van der Waals surface area contributed by atoms with Crippen molar-refractivity contribution < 1.29 is 4.79 Å². The van der Waals surface area contributed by atoms with E-state index in [4.69, 9.17) is 0 Å². The van der Waals surface area contributed by atoms with Crippen LogP contribution in [0.5, 0.6) is 0 Å². The molecule has 4 nitrogen and oxygen atoms in total. The van der Waals surface area contributed by atoms with Crippen LogP contribution in [0.15, 0.2) is 24.3 Å². The summed E-state index contributed by atoms with van der Waals surface area (Å²) < 4.78 is 0. The van der Waals surface area contributed by atoms with E-state index in [0.717, 1.165) is 24.5 Å². The van der Waals surface area contributed by atoms with Gasteiger partial charge in [0, 0.05) is 12.6 Å². The highest BCUT2D eigenvalue weighted by Crippen LogP contribution is 2.29. The topological polar surface area (TPSA) is 44.4 Å². The van der Waals surface area contributed by atoms with Crippen LogP contribution in [0.4, 0.5) is 11.4 Å². The zero-order chi connectivity index (χ0) is 11.7. The molecule has 1 aromatic rings. The fourth-order valence-corrected chi connectivity index (χ4v) is 2.64. The molecule has 4 heteroatoms. The summed E-state index contributed by atoms with van der Waals surface area (Å²) in [6.45, 7) is 2.49. The summed E-state index contributed by atoms with van der Waals surface area (Å²) in [4.78, 5) is 13.8. The van der Waals surface area contributed by atoms with Gasteiger partial charge >= 0.3 is 0 Å². The minimum absolute atomic E-state index is 0.0849. The van der Waals surface area contributed by atoms with Crippen LogP contribution in [0.1, 0.15) is 12.8 Å². The van der Waals surface area contributed by atoms with E-state index in [1.807, 2.05) is 18.2 Å². The van der Waals surface area contributed by atoms with Crippen LogP contribution in [-0.4, -0.2) is 31.6 Å². The lowest BCUT2D eigenvalue weighted by Gasteiger charge is -2.32. The number of nitrogens with one attached hydrogen (secondary N) is 2. The zero-order valence-electron chi connectivity index (χ0n) is 9.78. The molecule has 90 valence electrons. The molecule has 2 heterocycles. The number of nitrogens with zero attached hydrogens (tertiary/aromatic N) is 1. The average Bonchev–Trinajstić information content (AvgIpc) is 2.81. The normalized spacial score (nSPS) is 23.4. The van der Waals surface area contributed by atoms with Crippen molar-refractivity contribution in [2.24, 2.45) is 0 Å². The maximum Gasteiger partial charge on any atom is 0.243 e. The van der Waals surface area contributed by atoms with Gasteiger partial charge in [-0.25, -0.2) is 0 Å². The molecule has 2 aliphatic rings. The first kappa shape index (κ1) is 10.6. The van der Waals surface area contributed by atoms with E-state index >= 15 is 0 Å². The fourth-order valence-electron chi connectivity index (χ4n) is 2.64. The number of rotatable bonds is 2. The second-order valence-corrected chi connectivity index (χ2v) is 4.74. The maximum absolute atomic E-state index is 11.6. The number of amides is 1. The molecule has 0 bridgehead atoms. The largest absolute Gasteiger partial charge is 0.359 e. The van der Waals surface area contributed by atoms with Crippen LogP contribution in [0.3, 0.4) is 0 Å². The van der Waals surface area contributed by atoms with Gasteiger partial charge in [-0.3, -0.25) is 4.79 Å². The number of hydrogen-bond acceptors (Lipinski definition) is 3. The smallest absolute Gasteiger partial charge is 0.243 e. The third-order valence-corrected chi connectivity index (χ3v) is 3.46. The van der Waals surface area contributed by atoms with Gasteiger partial charge in [0.25, 0.3) is 0 Å². The molecule has 1 saturated heterocycles. The van der Waals surface area contributed by atoms with E-state index in [2.05, 4.69) is 21.6 Å². The Morgan fingerprint density at radius 1 is 1.35 bits per heavy atom. The Bertz CT molecular complexity index is 426. The summed E-state index contributed by atoms with van der Waals surface area (Å²) in [7, 11) is 0. The summed E-state index contributed by atoms with van der Waals surface area (Å²) in [5.41, 5.74) is 2.07. The molecule has 0 aromatic heterocycles. The maximum atomic E-state index is 11.6. The highest BCUT2D eigenvalue weighted by Gasteiger charge is 2.25. The summed E-state index contributed by atoms with van der Waals surface area (Å²) in [5, 5.41) is 6.39. The molecular formula is C13H17N3O. The number of carbonyl (C=O) groups excluding carboxylic acids is 1. The van der Waals surface area contributed by atoms with Crippen molar-refractivity contribution in [1.82, 2.24) is 5.32 Å². The third-order valence-electron chi connectivity index (χ3n) is 3.46. The Hall–Kier alpha value is -1.55. The van der Waals surface area contributed by atoms with E-state index in [-0.39, 0.29) is 5.91 Å². The quantitative estimate of drug-likeness (QED) is 0.804. The van der Waals surface area contributed by atoms with Gasteiger partial charge in [0.1, 0.15) is 0 Å². The Balaban J connectivity index is 1.81. The van der Waals surface area contributed by atoms with Crippen molar-refractivity contribution in [3.8, 4) is 0 Å². The summed E-state index contributed by atoms with van der Waals surface area (Å²) >= 11 is 0. The molecule has 3 rings (SSSR count). The van der Waals surface area contributed by atoms with E-state index in [0.29, 0.717) is 12.6 Å². The lowest BCUT2D eigenvalue weighted by Crippen LogP contribution is -2.44. The van der Waals surface area contributed by atoms with Gasteiger partial charge in [0.15, 0.2) is 0 Å². The second-order valence-electron chi connectivity index (χ2n) is 4.74. The molecule has 1 amide bonds. The van der Waals surface area contributed by atoms with Gasteiger partial charge < -0.3 is 15.5 Å². The predicted octanol–water partition coefficient (Wildman–Crippen LogP) is 1.20. The average molecular weight is 231 g/mol. The van der Waals surface area contributed by atoms with Crippen LogP contribution in [0.25, 0.3) is 0 Å². The SMILES string of the molecule is O=C1CN(C[C@H]2CCCN2)c2ccccc2N1. The molecule has 2 N–H and O–H groups in total. The second kappa shape index (κ2) is 4.37. The number of anilines is 2. The number of para-hydroxylation sites is 2. The molecule has 0 radical (unpaired) electrons. The molecule has 1 fully saturated rings. The van der Waals surface area contributed by atoms with Crippen molar-refractivity contribution in [2.75, 3.05) is 29.9 Å². The van der Waals surface area contributed by atoms with E-state index in [1.165, 1.54) is 12.8 Å². The minimum atomic E-state index is 0.0849. The number of benzene rings is 1. The number of fused-ring (bicyclic) bond motifs is 1. The predicted molar refractivity (Wildman–Crippen MR) is 68.3 cm³/mol.